The number of nitrogens with zero attached hydrogens (tertiary/aromatic N) is 3. The molecule has 10 nitrogen and oxygen atoms in total. The van der Waals surface area contributed by atoms with E-state index in [9.17, 15) is 23.3 Å². The van der Waals surface area contributed by atoms with Crippen LogP contribution in [0.4, 0.5) is 5.69 Å². The lowest BCUT2D eigenvalue weighted by atomic mass is 9.94. The molecule has 3 rings (SSSR count). The number of nitro groups is 1. The summed E-state index contributed by atoms with van der Waals surface area (Å²) in [5, 5.41) is 15.2. The number of fused-ring (bicyclic) bond motifs is 1. The summed E-state index contributed by atoms with van der Waals surface area (Å²) in [6.07, 6.45) is 3.71. The van der Waals surface area contributed by atoms with Crippen molar-refractivity contribution < 1.29 is 22.9 Å². The highest BCUT2D eigenvalue weighted by Gasteiger charge is 2.29. The number of hydrogen-bond donors (Lipinski definition) is 1. The number of nitro benzene ring substituents is 1. The van der Waals surface area contributed by atoms with Crippen molar-refractivity contribution in [2.75, 3.05) is 6.61 Å². The predicted octanol–water partition coefficient (Wildman–Crippen LogP) is 1.71. The highest BCUT2D eigenvalue weighted by atomic mass is 32.2. The van der Waals surface area contributed by atoms with Crippen LogP contribution >= 0.6 is 0 Å². The van der Waals surface area contributed by atoms with Crippen molar-refractivity contribution in [2.24, 2.45) is 0 Å². The van der Waals surface area contributed by atoms with E-state index in [0.29, 0.717) is 13.0 Å². The van der Waals surface area contributed by atoms with Gasteiger partial charge < -0.3 is 4.74 Å². The quantitative estimate of drug-likeness (QED) is 0.419. The molecule has 150 valence electrons. The molecule has 1 atom stereocenters. The molecule has 0 spiro atoms. The fourth-order valence-electron chi connectivity index (χ4n) is 3.23. The number of aromatic nitrogens is 2. The van der Waals surface area contributed by atoms with Crippen LogP contribution in [0.1, 0.15) is 37.1 Å². The van der Waals surface area contributed by atoms with E-state index in [2.05, 4.69) is 9.82 Å². The Bertz CT molecular complexity index is 1000. The van der Waals surface area contributed by atoms with Gasteiger partial charge in [-0.3, -0.25) is 19.6 Å². The van der Waals surface area contributed by atoms with Gasteiger partial charge in [-0.05, 0) is 25.3 Å². The Morgan fingerprint density at radius 1 is 1.46 bits per heavy atom. The molecule has 1 heterocycles. The van der Waals surface area contributed by atoms with Crippen LogP contribution in [0, 0.1) is 10.1 Å². The zero-order chi connectivity index (χ0) is 20.3. The van der Waals surface area contributed by atoms with E-state index in [-0.39, 0.29) is 23.2 Å². The maximum atomic E-state index is 12.7. The highest BCUT2D eigenvalue weighted by molar-refractivity contribution is 7.89. The van der Waals surface area contributed by atoms with Crippen LogP contribution in [-0.2, 0) is 32.5 Å². The van der Waals surface area contributed by atoms with E-state index in [4.69, 9.17) is 4.74 Å². The third-order valence-corrected chi connectivity index (χ3v) is 5.98. The van der Waals surface area contributed by atoms with Gasteiger partial charge in [0.05, 0.1) is 28.6 Å². The molecule has 1 unspecified atom stereocenters. The summed E-state index contributed by atoms with van der Waals surface area (Å²) in [5.41, 5.74) is 1.37. The standard InChI is InChI=1S/C17H20N4O6S/c1-12(22)27-9-8-20-17-7-3-6-16(15(17)11-18-20)19-28(25,26)14-5-2-4-13(10-14)21(23)24/h2,4-5,10-11,16,19H,3,6-9H2,1H3. The Morgan fingerprint density at radius 3 is 2.96 bits per heavy atom. The average molecular weight is 408 g/mol. The van der Waals surface area contributed by atoms with Crippen molar-refractivity contribution in [3.63, 3.8) is 0 Å². The minimum absolute atomic E-state index is 0.156. The van der Waals surface area contributed by atoms with Gasteiger partial charge in [-0.1, -0.05) is 6.07 Å². The summed E-state index contributed by atoms with van der Waals surface area (Å²) in [6, 6.07) is 4.46. The molecule has 0 radical (unpaired) electrons. The van der Waals surface area contributed by atoms with Gasteiger partial charge in [-0.2, -0.15) is 5.10 Å². The number of rotatable bonds is 7. The lowest BCUT2D eigenvalue weighted by Crippen LogP contribution is -2.31. The Balaban J connectivity index is 1.79. The van der Waals surface area contributed by atoms with Crippen LogP contribution in [0.5, 0.6) is 0 Å². The molecule has 0 bridgehead atoms. The number of non-ortho nitro benzene ring substituents is 1. The minimum Gasteiger partial charge on any atom is -0.464 e. The van der Waals surface area contributed by atoms with Crippen LogP contribution < -0.4 is 4.72 Å². The summed E-state index contributed by atoms with van der Waals surface area (Å²) in [7, 11) is -3.94. The van der Waals surface area contributed by atoms with E-state index in [1.165, 1.54) is 25.1 Å². The summed E-state index contributed by atoms with van der Waals surface area (Å²) < 4.78 is 34.7. The maximum absolute atomic E-state index is 12.7. The monoisotopic (exact) mass is 408 g/mol. The fourth-order valence-corrected chi connectivity index (χ4v) is 4.52. The molecule has 0 aliphatic heterocycles. The van der Waals surface area contributed by atoms with Crippen molar-refractivity contribution in [1.82, 2.24) is 14.5 Å². The van der Waals surface area contributed by atoms with Crippen LogP contribution in [0.3, 0.4) is 0 Å². The Hall–Kier alpha value is -2.79. The van der Waals surface area contributed by atoms with E-state index in [0.717, 1.165) is 30.2 Å². The van der Waals surface area contributed by atoms with Gasteiger partial charge in [-0.15, -0.1) is 0 Å². The zero-order valence-electron chi connectivity index (χ0n) is 15.2. The lowest BCUT2D eigenvalue weighted by molar-refractivity contribution is -0.385. The number of esters is 1. The van der Waals surface area contributed by atoms with Gasteiger partial charge >= 0.3 is 5.97 Å². The van der Waals surface area contributed by atoms with E-state index in [1.807, 2.05) is 0 Å². The molecule has 0 fully saturated rings. The average Bonchev–Trinajstić information content (AvgIpc) is 3.05. The van der Waals surface area contributed by atoms with Crippen LogP contribution in [-0.4, -0.2) is 35.7 Å². The molecule has 1 aliphatic carbocycles. The zero-order valence-corrected chi connectivity index (χ0v) is 16.0. The first-order chi connectivity index (χ1) is 13.3. The predicted molar refractivity (Wildman–Crippen MR) is 98.0 cm³/mol. The summed E-state index contributed by atoms with van der Waals surface area (Å²) in [4.78, 5) is 21.0. The molecule has 1 N–H and O–H groups in total. The van der Waals surface area contributed by atoms with Gasteiger partial charge in [0.25, 0.3) is 5.69 Å². The largest absolute Gasteiger partial charge is 0.464 e. The number of hydrogen-bond acceptors (Lipinski definition) is 7. The molecule has 0 saturated heterocycles. The van der Waals surface area contributed by atoms with Crippen LogP contribution in [0.2, 0.25) is 0 Å². The van der Waals surface area contributed by atoms with Crippen LogP contribution in [0.25, 0.3) is 0 Å². The van der Waals surface area contributed by atoms with Crippen LogP contribution in [0.15, 0.2) is 35.4 Å². The van der Waals surface area contributed by atoms with Gasteiger partial charge in [0.1, 0.15) is 6.61 Å². The summed E-state index contributed by atoms with van der Waals surface area (Å²) in [6.45, 7) is 1.91. The minimum atomic E-state index is -3.94. The smallest absolute Gasteiger partial charge is 0.302 e. The maximum Gasteiger partial charge on any atom is 0.302 e. The molecule has 1 aromatic carbocycles. The summed E-state index contributed by atoms with van der Waals surface area (Å²) >= 11 is 0. The van der Waals surface area contributed by atoms with Gasteiger partial charge in [-0.25, -0.2) is 13.1 Å². The SMILES string of the molecule is CC(=O)OCCn1ncc2c1CCCC2NS(=O)(=O)c1cccc([N+](=O)[O-])c1. The Kier molecular flexibility index (Phi) is 5.75. The first-order valence-electron chi connectivity index (χ1n) is 8.72. The van der Waals surface area contributed by atoms with Crippen molar-refractivity contribution in [3.05, 3.63) is 51.8 Å². The van der Waals surface area contributed by atoms with Gasteiger partial charge in [0.15, 0.2) is 0 Å². The fraction of sp³-hybridized carbons (Fsp3) is 0.412. The number of benzene rings is 1. The number of ether oxygens (including phenoxy) is 1. The first kappa shape index (κ1) is 20.0. The molecule has 1 aromatic heterocycles. The van der Waals surface area contributed by atoms with E-state index < -0.39 is 21.0 Å². The van der Waals surface area contributed by atoms with Gasteiger partial charge in [0, 0.05) is 30.3 Å². The molecule has 0 saturated carbocycles. The number of carbonyl (C=O) groups excluding carboxylic acids is 1. The highest BCUT2D eigenvalue weighted by Crippen LogP contribution is 2.31. The number of sulfonamides is 1. The summed E-state index contributed by atoms with van der Waals surface area (Å²) in [5.74, 6) is -0.372. The second-order valence-corrected chi connectivity index (χ2v) is 8.14. The van der Waals surface area contributed by atoms with E-state index in [1.54, 1.807) is 10.9 Å². The third-order valence-electron chi connectivity index (χ3n) is 4.51. The number of nitrogens with one attached hydrogen (secondary N) is 1. The second-order valence-electron chi connectivity index (χ2n) is 6.43. The Labute approximate surface area is 161 Å². The van der Waals surface area contributed by atoms with Gasteiger partial charge in [0.2, 0.25) is 10.0 Å². The topological polar surface area (TPSA) is 133 Å². The molecule has 0 amide bonds. The third kappa shape index (κ3) is 4.37. The lowest BCUT2D eigenvalue weighted by Gasteiger charge is -2.24. The normalized spacial score (nSPS) is 16.4. The molecular formula is C17H20N4O6S. The molecule has 1 aliphatic rings. The van der Waals surface area contributed by atoms with Crippen molar-refractivity contribution in [2.45, 2.75) is 43.7 Å². The second kappa shape index (κ2) is 8.07. The molecule has 28 heavy (non-hydrogen) atoms. The Morgan fingerprint density at radius 2 is 2.25 bits per heavy atom. The van der Waals surface area contributed by atoms with E-state index >= 15 is 0 Å². The van der Waals surface area contributed by atoms with Crippen molar-refractivity contribution in [3.8, 4) is 0 Å². The van der Waals surface area contributed by atoms with Crippen molar-refractivity contribution in [1.29, 1.82) is 0 Å². The first-order valence-corrected chi connectivity index (χ1v) is 10.2. The van der Waals surface area contributed by atoms with Crippen molar-refractivity contribution >= 4 is 21.7 Å². The molecule has 2 aromatic rings. The molecule has 11 heteroatoms. The molecular weight excluding hydrogens is 388 g/mol. The number of carbonyl (C=O) groups is 1.